The molecule has 0 aliphatic heterocycles. The van der Waals surface area contributed by atoms with Crippen molar-refractivity contribution in [1.29, 1.82) is 5.41 Å². The third-order valence-corrected chi connectivity index (χ3v) is 6.13. The van der Waals surface area contributed by atoms with Crippen molar-refractivity contribution in [2.45, 2.75) is 30.6 Å². The zero-order valence-corrected chi connectivity index (χ0v) is 17.7. The van der Waals surface area contributed by atoms with Crippen LogP contribution in [0.2, 0.25) is 0 Å². The highest BCUT2D eigenvalue weighted by atomic mass is 32.3. The van der Waals surface area contributed by atoms with Crippen molar-refractivity contribution < 1.29 is 8.78 Å². The Labute approximate surface area is 162 Å². The summed E-state index contributed by atoms with van der Waals surface area (Å²) in [4.78, 5) is 0.978. The van der Waals surface area contributed by atoms with Crippen LogP contribution >= 0.6 is 21.8 Å². The Balaban J connectivity index is 3.00. The third kappa shape index (κ3) is 7.99. The molecule has 0 saturated carbocycles. The molecule has 0 bridgehead atoms. The summed E-state index contributed by atoms with van der Waals surface area (Å²) in [6, 6.07) is 5.45. The molecule has 0 fully saturated rings. The lowest BCUT2D eigenvalue weighted by atomic mass is 10.0. The van der Waals surface area contributed by atoms with Crippen LogP contribution in [0.5, 0.6) is 0 Å². The molecule has 1 rings (SSSR count). The Hall–Kier alpha value is -1.21. The normalized spacial score (nSPS) is 13.5. The standard InChI is InChI=1S/C19H31F2N3S2/c1-25-15-8-7-14(11-18(20)21)16(12-15)19(17(23)13-22)24-9-5-6-10-26(2,3)4/h7-8,12-13,18,22,24H,5-6,9-11,23H2,1-4H3/b19-17+,22-13?. The van der Waals surface area contributed by atoms with E-state index >= 15 is 0 Å². The number of halogens is 2. The van der Waals surface area contributed by atoms with E-state index in [4.69, 9.17) is 11.1 Å². The summed E-state index contributed by atoms with van der Waals surface area (Å²) in [5.41, 5.74) is 8.06. The minimum atomic E-state index is -2.42. The molecule has 0 aliphatic carbocycles. The zero-order chi connectivity index (χ0) is 19.7. The molecule has 7 heteroatoms. The molecule has 3 nitrogen and oxygen atoms in total. The van der Waals surface area contributed by atoms with Crippen LogP contribution < -0.4 is 11.1 Å². The minimum Gasteiger partial charge on any atom is -0.396 e. The number of hydrogen-bond acceptors (Lipinski definition) is 4. The van der Waals surface area contributed by atoms with Gasteiger partial charge >= 0.3 is 0 Å². The molecule has 1 aromatic rings. The van der Waals surface area contributed by atoms with E-state index in [9.17, 15) is 8.78 Å². The highest BCUT2D eigenvalue weighted by Crippen LogP contribution is 2.35. The van der Waals surface area contributed by atoms with Crippen molar-refractivity contribution in [2.24, 2.45) is 5.73 Å². The largest absolute Gasteiger partial charge is 0.396 e. The van der Waals surface area contributed by atoms with Crippen molar-refractivity contribution in [3.05, 3.63) is 35.0 Å². The van der Waals surface area contributed by atoms with Crippen LogP contribution in [0.15, 0.2) is 28.8 Å². The number of hydrogen-bond donors (Lipinski definition) is 3. The van der Waals surface area contributed by atoms with Crippen LogP contribution in [0.1, 0.15) is 24.0 Å². The second kappa shape index (κ2) is 10.8. The van der Waals surface area contributed by atoms with Crippen molar-refractivity contribution in [3.8, 4) is 0 Å². The first kappa shape index (κ1) is 22.8. The predicted molar refractivity (Wildman–Crippen MR) is 115 cm³/mol. The minimum absolute atomic E-state index is 0.264. The van der Waals surface area contributed by atoms with Crippen molar-refractivity contribution in [1.82, 2.24) is 5.32 Å². The molecule has 4 N–H and O–H groups in total. The van der Waals surface area contributed by atoms with Crippen LogP contribution in [0.4, 0.5) is 8.78 Å². The van der Waals surface area contributed by atoms with Crippen molar-refractivity contribution in [3.63, 3.8) is 0 Å². The van der Waals surface area contributed by atoms with Gasteiger partial charge in [0, 0.05) is 29.6 Å². The fourth-order valence-corrected chi connectivity index (χ4v) is 4.07. The highest BCUT2D eigenvalue weighted by Gasteiger charge is 2.15. The molecular formula is C19H31F2N3S2. The molecule has 0 radical (unpaired) electrons. The van der Waals surface area contributed by atoms with E-state index in [1.807, 2.05) is 18.4 Å². The maximum atomic E-state index is 13.0. The zero-order valence-electron chi connectivity index (χ0n) is 16.1. The van der Waals surface area contributed by atoms with Gasteiger partial charge in [0.15, 0.2) is 0 Å². The van der Waals surface area contributed by atoms with E-state index in [-0.39, 0.29) is 12.1 Å². The van der Waals surface area contributed by atoms with E-state index in [1.54, 1.807) is 17.8 Å². The Morgan fingerprint density at radius 1 is 1.31 bits per heavy atom. The van der Waals surface area contributed by atoms with E-state index in [2.05, 4.69) is 24.1 Å². The molecule has 148 valence electrons. The lowest BCUT2D eigenvalue weighted by Gasteiger charge is -2.25. The summed E-state index contributed by atoms with van der Waals surface area (Å²) in [6.07, 6.45) is 9.23. The van der Waals surface area contributed by atoms with Crippen molar-refractivity contribution >= 4 is 33.7 Å². The smallest absolute Gasteiger partial charge is 0.242 e. The second-order valence-corrected chi connectivity index (χ2v) is 12.5. The average Bonchev–Trinajstić information content (AvgIpc) is 2.56. The first-order chi connectivity index (χ1) is 12.2. The fraction of sp³-hybridized carbons (Fsp3) is 0.526. The summed E-state index contributed by atoms with van der Waals surface area (Å²) in [5.74, 6) is 1.20. The molecule has 0 amide bonds. The molecule has 0 atom stereocenters. The van der Waals surface area contributed by atoms with E-state index < -0.39 is 16.5 Å². The van der Waals surface area contributed by atoms with Gasteiger partial charge in [-0.1, -0.05) is 6.07 Å². The number of alkyl halides is 2. The maximum absolute atomic E-state index is 13.0. The highest BCUT2D eigenvalue weighted by molar-refractivity contribution is 8.32. The summed E-state index contributed by atoms with van der Waals surface area (Å²) in [6.45, 7) is 0.705. The Morgan fingerprint density at radius 2 is 2.00 bits per heavy atom. The summed E-state index contributed by atoms with van der Waals surface area (Å²) >= 11 is 1.55. The topological polar surface area (TPSA) is 61.9 Å². The van der Waals surface area contributed by atoms with E-state index in [0.717, 1.165) is 24.0 Å². The van der Waals surface area contributed by atoms with Gasteiger partial charge in [-0.25, -0.2) is 18.8 Å². The first-order valence-electron chi connectivity index (χ1n) is 8.53. The van der Waals surface area contributed by atoms with Crippen LogP contribution in [0.25, 0.3) is 5.70 Å². The number of nitrogens with one attached hydrogen (secondary N) is 2. The molecule has 1 aromatic carbocycles. The lowest BCUT2D eigenvalue weighted by molar-refractivity contribution is 0.149. The lowest BCUT2D eigenvalue weighted by Crippen LogP contribution is -2.21. The van der Waals surface area contributed by atoms with Gasteiger partial charge < -0.3 is 16.5 Å². The van der Waals surface area contributed by atoms with Crippen LogP contribution in [0.3, 0.4) is 0 Å². The van der Waals surface area contributed by atoms with Gasteiger partial charge in [0.2, 0.25) is 6.43 Å². The van der Waals surface area contributed by atoms with Gasteiger partial charge in [-0.3, -0.25) is 0 Å². The van der Waals surface area contributed by atoms with Crippen LogP contribution in [0, 0.1) is 5.41 Å². The summed E-state index contributed by atoms with van der Waals surface area (Å²) in [7, 11) is -0.514. The molecule has 0 aliphatic rings. The summed E-state index contributed by atoms with van der Waals surface area (Å²) in [5, 5.41) is 10.8. The van der Waals surface area contributed by atoms with Crippen molar-refractivity contribution in [2.75, 3.05) is 37.3 Å². The predicted octanol–water partition coefficient (Wildman–Crippen LogP) is 4.56. The Kier molecular flexibility index (Phi) is 9.50. The van der Waals surface area contributed by atoms with Gasteiger partial charge in [0.05, 0.1) is 11.4 Å². The molecule has 0 aromatic heterocycles. The SMILES string of the molecule is CSc1ccc(CC(F)F)c(/C(NCCCCS(C)(C)C)=C(\N)C=N)c1. The first-order valence-corrected chi connectivity index (χ1v) is 12.8. The maximum Gasteiger partial charge on any atom is 0.242 e. The van der Waals surface area contributed by atoms with Crippen LogP contribution in [-0.2, 0) is 6.42 Å². The molecule has 0 unspecified atom stereocenters. The Morgan fingerprint density at radius 3 is 2.54 bits per heavy atom. The number of benzene rings is 1. The van der Waals surface area contributed by atoms with Gasteiger partial charge in [0.1, 0.15) is 0 Å². The monoisotopic (exact) mass is 403 g/mol. The quantitative estimate of drug-likeness (QED) is 0.288. The number of thioether (sulfide) groups is 1. The van der Waals surface area contributed by atoms with E-state index in [1.165, 1.54) is 5.75 Å². The molecule has 0 saturated heterocycles. The number of nitrogens with two attached hydrogens (primary N) is 1. The van der Waals surface area contributed by atoms with Gasteiger partial charge in [-0.05, 0) is 61.3 Å². The molecular weight excluding hydrogens is 372 g/mol. The molecule has 0 spiro atoms. The van der Waals surface area contributed by atoms with Crippen LogP contribution in [-0.4, -0.2) is 50.0 Å². The number of unbranched alkanes of at least 4 members (excludes halogenated alkanes) is 1. The third-order valence-electron chi connectivity index (χ3n) is 3.89. The molecule has 26 heavy (non-hydrogen) atoms. The number of allylic oxidation sites excluding steroid dienone is 1. The number of rotatable bonds is 11. The summed E-state index contributed by atoms with van der Waals surface area (Å²) < 4.78 is 26.0. The van der Waals surface area contributed by atoms with Gasteiger partial charge in [-0.2, -0.15) is 0 Å². The Bertz CT molecular complexity index is 626. The second-order valence-electron chi connectivity index (χ2n) is 7.02. The van der Waals surface area contributed by atoms with Gasteiger partial charge in [0.25, 0.3) is 0 Å². The van der Waals surface area contributed by atoms with E-state index in [0.29, 0.717) is 23.4 Å². The van der Waals surface area contributed by atoms with Gasteiger partial charge in [-0.15, -0.1) is 11.8 Å². The average molecular weight is 404 g/mol. The fourth-order valence-electron chi connectivity index (χ4n) is 2.56. The molecule has 0 heterocycles.